The van der Waals surface area contributed by atoms with Gasteiger partial charge in [0, 0.05) is 12.3 Å². The molecule has 136 valence electrons. The van der Waals surface area contributed by atoms with Crippen LogP contribution in [0.2, 0.25) is 0 Å². The molecule has 0 aliphatic rings. The quantitative estimate of drug-likeness (QED) is 0.684. The number of nitrogens with zero attached hydrogens (tertiary/aromatic N) is 2. The molecule has 3 aromatic rings. The molecule has 2 aromatic heterocycles. The minimum Gasteiger partial charge on any atom is -0.503 e. The third-order valence-corrected chi connectivity index (χ3v) is 4.42. The van der Waals surface area contributed by atoms with Gasteiger partial charge in [0.05, 0.1) is 23.9 Å². The molecule has 0 saturated heterocycles. The fourth-order valence-corrected chi connectivity index (χ4v) is 3.12. The Morgan fingerprint density at radius 2 is 2.15 bits per heavy atom. The van der Waals surface area contributed by atoms with Crippen LogP contribution in [0.1, 0.15) is 24.3 Å². The largest absolute Gasteiger partial charge is 0.503 e. The van der Waals surface area contributed by atoms with Gasteiger partial charge in [-0.3, -0.25) is 10.1 Å². The third kappa shape index (κ3) is 3.85. The van der Waals surface area contributed by atoms with Crippen LogP contribution in [0.4, 0.5) is 5.13 Å². The number of ether oxygens (including phenoxy) is 2. The van der Waals surface area contributed by atoms with Gasteiger partial charge in [-0.15, -0.1) is 0 Å². The molecule has 7 nitrogen and oxygen atoms in total. The predicted octanol–water partition coefficient (Wildman–Crippen LogP) is 3.69. The van der Waals surface area contributed by atoms with Gasteiger partial charge in [0.2, 0.25) is 0 Å². The summed E-state index contributed by atoms with van der Waals surface area (Å²) in [4.78, 5) is 20.7. The molecule has 0 aliphatic carbocycles. The number of nitrogens with one attached hydrogen (secondary N) is 1. The number of fused-ring (bicyclic) bond motifs is 1. The Labute approximate surface area is 154 Å². The van der Waals surface area contributed by atoms with Crippen molar-refractivity contribution < 1.29 is 19.4 Å². The van der Waals surface area contributed by atoms with Gasteiger partial charge in [0.1, 0.15) is 5.75 Å². The lowest BCUT2D eigenvalue weighted by Crippen LogP contribution is -2.13. The van der Waals surface area contributed by atoms with Crippen molar-refractivity contribution in [2.75, 3.05) is 19.0 Å². The lowest BCUT2D eigenvalue weighted by molar-refractivity contribution is 0.101. The van der Waals surface area contributed by atoms with Crippen LogP contribution in [0.25, 0.3) is 10.2 Å². The molecule has 1 amide bonds. The standard InChI is InChI=1S/C18H19N3O4S/c1-10(2)9-25-11-4-5-12-14(8-11)26-18(20-12)21-17(23)15-16(22)13(24-3)6-7-19-15/h4-8,10,22H,9H2,1-3H3,(H,20,21,23). The van der Waals surface area contributed by atoms with Crippen LogP contribution in [0.3, 0.4) is 0 Å². The van der Waals surface area contributed by atoms with Crippen molar-refractivity contribution in [2.45, 2.75) is 13.8 Å². The second kappa shape index (κ2) is 7.57. The number of thiazole rings is 1. The van der Waals surface area contributed by atoms with Gasteiger partial charge >= 0.3 is 0 Å². The van der Waals surface area contributed by atoms with E-state index in [2.05, 4.69) is 29.1 Å². The maximum atomic E-state index is 12.4. The predicted molar refractivity (Wildman–Crippen MR) is 100 cm³/mol. The molecule has 0 atom stereocenters. The zero-order valence-corrected chi connectivity index (χ0v) is 15.5. The summed E-state index contributed by atoms with van der Waals surface area (Å²) in [7, 11) is 1.41. The van der Waals surface area contributed by atoms with Gasteiger partial charge in [-0.05, 0) is 24.1 Å². The molecule has 0 spiro atoms. The second-order valence-electron chi connectivity index (χ2n) is 6.02. The van der Waals surface area contributed by atoms with E-state index in [1.165, 1.54) is 30.7 Å². The molecule has 3 rings (SSSR count). The first-order valence-corrected chi connectivity index (χ1v) is 8.86. The Morgan fingerprint density at radius 1 is 1.35 bits per heavy atom. The highest BCUT2D eigenvalue weighted by Gasteiger charge is 2.18. The summed E-state index contributed by atoms with van der Waals surface area (Å²) in [6.45, 7) is 4.80. The minimum atomic E-state index is -0.559. The van der Waals surface area contributed by atoms with Crippen molar-refractivity contribution in [1.82, 2.24) is 9.97 Å². The highest BCUT2D eigenvalue weighted by Crippen LogP contribution is 2.31. The van der Waals surface area contributed by atoms with Crippen LogP contribution in [-0.2, 0) is 0 Å². The van der Waals surface area contributed by atoms with E-state index >= 15 is 0 Å². The van der Waals surface area contributed by atoms with Crippen molar-refractivity contribution in [3.8, 4) is 17.2 Å². The number of pyridine rings is 1. The number of aromatic hydroxyl groups is 1. The summed E-state index contributed by atoms with van der Waals surface area (Å²) in [5.41, 5.74) is 0.634. The Balaban J connectivity index is 1.79. The lowest BCUT2D eigenvalue weighted by Gasteiger charge is -2.07. The molecule has 2 N–H and O–H groups in total. The number of benzene rings is 1. The maximum Gasteiger partial charge on any atom is 0.280 e. The summed E-state index contributed by atoms with van der Waals surface area (Å²) in [5.74, 6) is 0.515. The van der Waals surface area contributed by atoms with Crippen LogP contribution >= 0.6 is 11.3 Å². The molecule has 26 heavy (non-hydrogen) atoms. The summed E-state index contributed by atoms with van der Waals surface area (Å²) >= 11 is 1.32. The van der Waals surface area contributed by atoms with E-state index in [-0.39, 0.29) is 17.2 Å². The molecule has 0 unspecified atom stereocenters. The Bertz CT molecular complexity index is 939. The number of aromatic nitrogens is 2. The lowest BCUT2D eigenvalue weighted by atomic mass is 10.2. The Morgan fingerprint density at radius 3 is 2.88 bits per heavy atom. The first kappa shape index (κ1) is 17.9. The average molecular weight is 373 g/mol. The summed E-state index contributed by atoms with van der Waals surface area (Å²) in [6.07, 6.45) is 1.39. The number of hydrogen-bond acceptors (Lipinski definition) is 7. The highest BCUT2D eigenvalue weighted by molar-refractivity contribution is 7.22. The van der Waals surface area contributed by atoms with Gasteiger partial charge in [0.15, 0.2) is 22.3 Å². The van der Waals surface area contributed by atoms with E-state index in [1.807, 2.05) is 18.2 Å². The minimum absolute atomic E-state index is 0.121. The van der Waals surface area contributed by atoms with Gasteiger partial charge in [-0.25, -0.2) is 9.97 Å². The molecule has 0 fully saturated rings. The Kier molecular flexibility index (Phi) is 5.22. The van der Waals surface area contributed by atoms with Crippen LogP contribution in [0.5, 0.6) is 17.2 Å². The van der Waals surface area contributed by atoms with Crippen LogP contribution in [0.15, 0.2) is 30.5 Å². The van der Waals surface area contributed by atoms with Gasteiger partial charge in [0.25, 0.3) is 5.91 Å². The zero-order chi connectivity index (χ0) is 18.7. The maximum absolute atomic E-state index is 12.4. The molecule has 0 aliphatic heterocycles. The first-order chi connectivity index (χ1) is 12.5. The number of anilines is 1. The summed E-state index contributed by atoms with van der Waals surface area (Å²) in [5, 5.41) is 13.1. The molecular formula is C18H19N3O4S. The normalized spacial score (nSPS) is 10.9. The number of amides is 1. The van der Waals surface area contributed by atoms with Crippen LogP contribution in [0, 0.1) is 5.92 Å². The number of hydrogen-bond donors (Lipinski definition) is 2. The smallest absolute Gasteiger partial charge is 0.280 e. The molecule has 2 heterocycles. The Hall–Kier alpha value is -2.87. The van der Waals surface area contributed by atoms with Gasteiger partial charge < -0.3 is 14.6 Å². The number of rotatable bonds is 6. The number of carbonyl (C=O) groups excluding carboxylic acids is 1. The zero-order valence-electron chi connectivity index (χ0n) is 14.6. The van der Waals surface area contributed by atoms with Crippen molar-refractivity contribution >= 4 is 32.6 Å². The van der Waals surface area contributed by atoms with Gasteiger partial charge in [-0.1, -0.05) is 25.2 Å². The van der Waals surface area contributed by atoms with Crippen LogP contribution in [-0.4, -0.2) is 34.7 Å². The highest BCUT2D eigenvalue weighted by atomic mass is 32.1. The van der Waals surface area contributed by atoms with E-state index in [0.29, 0.717) is 17.7 Å². The molecule has 0 saturated carbocycles. The van der Waals surface area contributed by atoms with Crippen LogP contribution < -0.4 is 14.8 Å². The van der Waals surface area contributed by atoms with Crippen molar-refractivity contribution in [2.24, 2.45) is 5.92 Å². The monoisotopic (exact) mass is 373 g/mol. The third-order valence-electron chi connectivity index (χ3n) is 3.49. The fourth-order valence-electron chi connectivity index (χ4n) is 2.23. The molecule has 0 bridgehead atoms. The molecule has 8 heteroatoms. The first-order valence-electron chi connectivity index (χ1n) is 8.04. The van der Waals surface area contributed by atoms with E-state index in [4.69, 9.17) is 9.47 Å². The average Bonchev–Trinajstić information content (AvgIpc) is 3.01. The van der Waals surface area contributed by atoms with E-state index in [0.717, 1.165) is 16.0 Å². The van der Waals surface area contributed by atoms with Crippen molar-refractivity contribution in [1.29, 1.82) is 0 Å². The number of carbonyl (C=O) groups is 1. The molecular weight excluding hydrogens is 354 g/mol. The second-order valence-corrected chi connectivity index (χ2v) is 7.05. The topological polar surface area (TPSA) is 93.6 Å². The van der Waals surface area contributed by atoms with Gasteiger partial charge in [-0.2, -0.15) is 0 Å². The number of methoxy groups -OCH3 is 1. The SMILES string of the molecule is COc1ccnc(C(=O)Nc2nc3ccc(OCC(C)C)cc3s2)c1O. The van der Waals surface area contributed by atoms with E-state index < -0.39 is 5.91 Å². The fraction of sp³-hybridized carbons (Fsp3) is 0.278. The summed E-state index contributed by atoms with van der Waals surface area (Å²) in [6, 6.07) is 7.07. The van der Waals surface area contributed by atoms with Crippen molar-refractivity contribution in [3.05, 3.63) is 36.2 Å². The molecule has 1 aromatic carbocycles. The van der Waals surface area contributed by atoms with E-state index in [9.17, 15) is 9.90 Å². The molecule has 0 radical (unpaired) electrons. The van der Waals surface area contributed by atoms with E-state index in [1.54, 1.807) is 0 Å². The van der Waals surface area contributed by atoms with Crippen molar-refractivity contribution in [3.63, 3.8) is 0 Å². The summed E-state index contributed by atoms with van der Waals surface area (Å²) < 4.78 is 11.6.